The van der Waals surface area contributed by atoms with Gasteiger partial charge in [0, 0.05) is 33.7 Å². The number of hydrogen-bond acceptors (Lipinski definition) is 6. The molecule has 0 amide bonds. The zero-order valence-corrected chi connectivity index (χ0v) is 20.7. The van der Waals surface area contributed by atoms with Crippen LogP contribution in [0.2, 0.25) is 0 Å². The fourth-order valence-corrected chi connectivity index (χ4v) is 3.93. The van der Waals surface area contributed by atoms with Crippen molar-refractivity contribution in [1.29, 1.82) is 0 Å². The topological polar surface area (TPSA) is 71.1 Å². The van der Waals surface area contributed by atoms with Crippen molar-refractivity contribution in [2.45, 2.75) is 38.5 Å². The number of ether oxygens (including phenoxy) is 4. The molecule has 0 N–H and O–H groups in total. The highest BCUT2D eigenvalue weighted by atomic mass is 16.5. The normalized spacial score (nSPS) is 10.7. The van der Waals surface area contributed by atoms with Gasteiger partial charge in [0.15, 0.2) is 0 Å². The van der Waals surface area contributed by atoms with Gasteiger partial charge in [0.25, 0.3) is 0 Å². The lowest BCUT2D eigenvalue weighted by molar-refractivity contribution is -0.138. The number of carbonyl (C=O) groups is 2. The van der Waals surface area contributed by atoms with Crippen LogP contribution in [0.4, 0.5) is 0 Å². The van der Waals surface area contributed by atoms with Crippen molar-refractivity contribution < 1.29 is 28.5 Å². The third kappa shape index (κ3) is 7.60. The molecule has 6 heteroatoms. The van der Waals surface area contributed by atoms with Gasteiger partial charge in [-0.1, -0.05) is 61.7 Å². The van der Waals surface area contributed by atoms with Crippen LogP contribution in [0.5, 0.6) is 11.5 Å². The zero-order chi connectivity index (χ0) is 25.6. The van der Waals surface area contributed by atoms with Crippen LogP contribution in [0, 0.1) is 0 Å². The Morgan fingerprint density at radius 3 is 1.22 bits per heavy atom. The molecule has 0 unspecified atom stereocenters. The van der Waals surface area contributed by atoms with Crippen LogP contribution >= 0.6 is 0 Å². The van der Waals surface area contributed by atoms with Gasteiger partial charge in [-0.05, 0) is 38.5 Å². The van der Waals surface area contributed by atoms with Gasteiger partial charge in [-0.2, -0.15) is 0 Å². The molecule has 0 bridgehead atoms. The Morgan fingerprint density at radius 2 is 0.889 bits per heavy atom. The van der Waals surface area contributed by atoms with Gasteiger partial charge < -0.3 is 18.9 Å². The minimum Gasteiger partial charge on any atom is -0.492 e. The van der Waals surface area contributed by atoms with E-state index in [-0.39, 0.29) is 11.9 Å². The van der Waals surface area contributed by atoms with E-state index in [4.69, 9.17) is 18.9 Å². The predicted molar refractivity (Wildman–Crippen MR) is 142 cm³/mol. The SMILES string of the molecule is C=CC(=O)OCCCCCOc1c2ccccc2c(OCCCCCOC(=O)C=C)c2ccccc12. The second kappa shape index (κ2) is 14.6. The molecule has 0 saturated carbocycles. The summed E-state index contributed by atoms with van der Waals surface area (Å²) >= 11 is 0. The van der Waals surface area contributed by atoms with Crippen LogP contribution < -0.4 is 9.47 Å². The number of benzene rings is 3. The number of carbonyl (C=O) groups excluding carboxylic acids is 2. The maximum atomic E-state index is 11.1. The molecular weight excluding hydrogens is 456 g/mol. The molecule has 0 aliphatic carbocycles. The van der Waals surface area contributed by atoms with Gasteiger partial charge in [-0.25, -0.2) is 9.59 Å². The third-order valence-electron chi connectivity index (χ3n) is 5.72. The zero-order valence-electron chi connectivity index (χ0n) is 20.7. The Hall–Kier alpha value is -3.80. The Kier molecular flexibility index (Phi) is 10.8. The lowest BCUT2D eigenvalue weighted by atomic mass is 10.0. The average molecular weight is 491 g/mol. The van der Waals surface area contributed by atoms with Crippen molar-refractivity contribution in [1.82, 2.24) is 0 Å². The molecular formula is C30H34O6. The molecule has 0 spiro atoms. The van der Waals surface area contributed by atoms with E-state index in [1.807, 2.05) is 24.3 Å². The quantitative estimate of drug-likeness (QED) is 0.0981. The highest BCUT2D eigenvalue weighted by Crippen LogP contribution is 2.42. The predicted octanol–water partition coefficient (Wildman–Crippen LogP) is 6.55. The average Bonchev–Trinajstić information content (AvgIpc) is 2.92. The fourth-order valence-electron chi connectivity index (χ4n) is 3.93. The van der Waals surface area contributed by atoms with Crippen molar-refractivity contribution in [3.05, 3.63) is 73.8 Å². The highest BCUT2D eigenvalue weighted by Gasteiger charge is 2.15. The van der Waals surface area contributed by atoms with E-state index in [1.165, 1.54) is 12.2 Å². The number of hydrogen-bond donors (Lipinski definition) is 0. The summed E-state index contributed by atoms with van der Waals surface area (Å²) in [6.07, 6.45) is 7.43. The minimum absolute atomic E-state index is 0.388. The lowest BCUT2D eigenvalue weighted by Gasteiger charge is -2.18. The molecule has 0 aliphatic heterocycles. The van der Waals surface area contributed by atoms with Crippen molar-refractivity contribution in [3.63, 3.8) is 0 Å². The smallest absolute Gasteiger partial charge is 0.330 e. The summed E-state index contributed by atoms with van der Waals surface area (Å²) in [5.41, 5.74) is 0. The Labute approximate surface area is 212 Å². The van der Waals surface area contributed by atoms with E-state index in [2.05, 4.69) is 37.4 Å². The first-order valence-corrected chi connectivity index (χ1v) is 12.4. The first-order valence-electron chi connectivity index (χ1n) is 12.4. The summed E-state index contributed by atoms with van der Waals surface area (Å²) in [5, 5.41) is 4.06. The molecule has 0 heterocycles. The second-order valence-corrected chi connectivity index (χ2v) is 8.31. The molecule has 0 atom stereocenters. The minimum atomic E-state index is -0.388. The standard InChI is InChI=1S/C30H34O6/c1-3-27(31)33-19-11-5-13-21-35-29-23-15-7-9-17-25(23)30(26-18-10-8-16-24(26)29)36-22-14-6-12-20-34-28(32)4-2/h3-4,7-10,15-18H,1-2,5-6,11-14,19-22H2. The first-order chi connectivity index (χ1) is 17.7. The van der Waals surface area contributed by atoms with Crippen molar-refractivity contribution in [2.24, 2.45) is 0 Å². The van der Waals surface area contributed by atoms with Crippen LogP contribution in [-0.2, 0) is 19.1 Å². The van der Waals surface area contributed by atoms with E-state index in [9.17, 15) is 9.59 Å². The molecule has 0 fully saturated rings. The van der Waals surface area contributed by atoms with E-state index < -0.39 is 0 Å². The maximum absolute atomic E-state index is 11.1. The van der Waals surface area contributed by atoms with Gasteiger partial charge in [0.1, 0.15) is 11.5 Å². The Balaban J connectivity index is 1.64. The van der Waals surface area contributed by atoms with E-state index >= 15 is 0 Å². The molecule has 6 nitrogen and oxygen atoms in total. The van der Waals surface area contributed by atoms with Crippen LogP contribution in [0.1, 0.15) is 38.5 Å². The monoisotopic (exact) mass is 490 g/mol. The molecule has 0 aliphatic rings. The first kappa shape index (κ1) is 26.8. The highest BCUT2D eigenvalue weighted by molar-refractivity contribution is 6.11. The Morgan fingerprint density at radius 1 is 0.556 bits per heavy atom. The Bertz CT molecular complexity index is 1030. The van der Waals surface area contributed by atoms with Crippen LogP contribution in [0.25, 0.3) is 21.5 Å². The summed E-state index contributed by atoms with van der Waals surface area (Å²) in [5.74, 6) is 0.937. The van der Waals surface area contributed by atoms with Crippen LogP contribution in [0.15, 0.2) is 73.8 Å². The maximum Gasteiger partial charge on any atom is 0.330 e. The summed E-state index contributed by atoms with van der Waals surface area (Å²) in [4.78, 5) is 22.3. The third-order valence-corrected chi connectivity index (χ3v) is 5.72. The fraction of sp³-hybridized carbons (Fsp3) is 0.333. The summed E-state index contributed by atoms with van der Waals surface area (Å²) < 4.78 is 22.7. The van der Waals surface area contributed by atoms with Crippen LogP contribution in [0.3, 0.4) is 0 Å². The number of rotatable bonds is 16. The molecule has 0 saturated heterocycles. The van der Waals surface area contributed by atoms with Crippen LogP contribution in [-0.4, -0.2) is 38.4 Å². The van der Waals surface area contributed by atoms with E-state index in [0.29, 0.717) is 26.4 Å². The lowest BCUT2D eigenvalue weighted by Crippen LogP contribution is -2.04. The van der Waals surface area contributed by atoms with Gasteiger partial charge in [0.2, 0.25) is 0 Å². The molecule has 190 valence electrons. The second-order valence-electron chi connectivity index (χ2n) is 8.31. The van der Waals surface area contributed by atoms with E-state index in [0.717, 1.165) is 71.6 Å². The summed E-state index contributed by atoms with van der Waals surface area (Å²) in [6.45, 7) is 8.72. The molecule has 0 radical (unpaired) electrons. The number of unbranched alkanes of at least 4 members (excludes halogenated alkanes) is 4. The van der Waals surface area contributed by atoms with Gasteiger partial charge in [-0.3, -0.25) is 0 Å². The van der Waals surface area contributed by atoms with Gasteiger partial charge >= 0.3 is 11.9 Å². The van der Waals surface area contributed by atoms with Gasteiger partial charge in [0.05, 0.1) is 26.4 Å². The largest absolute Gasteiger partial charge is 0.492 e. The number of fused-ring (bicyclic) bond motifs is 2. The van der Waals surface area contributed by atoms with Crippen molar-refractivity contribution >= 4 is 33.5 Å². The van der Waals surface area contributed by atoms with E-state index in [1.54, 1.807) is 0 Å². The molecule has 3 rings (SSSR count). The van der Waals surface area contributed by atoms with Crippen molar-refractivity contribution in [3.8, 4) is 11.5 Å². The molecule has 36 heavy (non-hydrogen) atoms. The molecule has 3 aromatic carbocycles. The van der Waals surface area contributed by atoms with Gasteiger partial charge in [-0.15, -0.1) is 0 Å². The molecule has 3 aromatic rings. The molecule has 0 aromatic heterocycles. The van der Waals surface area contributed by atoms with Crippen molar-refractivity contribution in [2.75, 3.05) is 26.4 Å². The summed E-state index contributed by atoms with van der Waals surface area (Å²) in [6, 6.07) is 16.3. The number of esters is 2. The summed E-state index contributed by atoms with van der Waals surface area (Å²) in [7, 11) is 0.